The third-order valence-electron chi connectivity index (χ3n) is 18.4. The minimum Gasteiger partial charge on any atom is -0.492 e. The molecule has 6 atom stereocenters. The maximum absolute atomic E-state index is 12.3. The lowest BCUT2D eigenvalue weighted by molar-refractivity contribution is -0.134. The van der Waals surface area contributed by atoms with E-state index in [-0.39, 0.29) is 29.9 Å². The summed E-state index contributed by atoms with van der Waals surface area (Å²) >= 11 is 5.62. The van der Waals surface area contributed by atoms with Gasteiger partial charge in [-0.05, 0) is 206 Å². The number of piperidine rings is 3. The molecule has 6 saturated heterocycles. The third-order valence-corrected chi connectivity index (χ3v) is 18.5. The molecule has 6 aliphatic heterocycles. The first-order chi connectivity index (χ1) is 44.1. The van der Waals surface area contributed by atoms with Crippen molar-refractivity contribution < 1.29 is 47.7 Å². The third kappa shape index (κ3) is 25.7. The van der Waals surface area contributed by atoms with Crippen molar-refractivity contribution in [2.75, 3.05) is 117 Å². The molecule has 0 bridgehead atoms. The Morgan fingerprint density at radius 2 is 0.720 bits per heavy atom. The molecular weight excluding hydrogens is 1200 g/mol. The second-order valence-electron chi connectivity index (χ2n) is 28.6. The zero-order valence-electron chi connectivity index (χ0n) is 59.2. The van der Waals surface area contributed by atoms with Crippen LogP contribution in [-0.4, -0.2) is 229 Å². The van der Waals surface area contributed by atoms with E-state index >= 15 is 0 Å². The number of halogens is 1. The summed E-state index contributed by atoms with van der Waals surface area (Å²) in [6.07, 6.45) is 5.84. The van der Waals surface area contributed by atoms with Crippen molar-refractivity contribution in [1.29, 1.82) is 0 Å². The number of piperazine rings is 3. The molecule has 0 aromatic heterocycles. The highest BCUT2D eigenvalue weighted by Gasteiger charge is 2.33. The summed E-state index contributed by atoms with van der Waals surface area (Å²) in [7, 11) is 0. The van der Waals surface area contributed by atoms with Gasteiger partial charge in [0, 0.05) is 136 Å². The molecular formula is C73H116ClN9O10. The van der Waals surface area contributed by atoms with E-state index in [0.29, 0.717) is 79.7 Å². The first kappa shape index (κ1) is 76.2. The molecule has 0 aliphatic carbocycles. The van der Waals surface area contributed by atoms with Gasteiger partial charge < -0.3 is 58.8 Å². The number of amides is 5. The summed E-state index contributed by atoms with van der Waals surface area (Å²) in [6, 6.07) is 27.5. The van der Waals surface area contributed by atoms with Crippen LogP contribution in [0.5, 0.6) is 17.2 Å². The number of likely N-dealkylation sites (tertiary alicyclic amines) is 2. The number of carbonyl (C=O) groups is 5. The molecule has 6 heterocycles. The summed E-state index contributed by atoms with van der Waals surface area (Å²) in [6.45, 7) is 42.9. The molecule has 0 radical (unpaired) electrons. The Balaban J connectivity index is 0.000000207. The van der Waals surface area contributed by atoms with Gasteiger partial charge in [-0.1, -0.05) is 36.4 Å². The number of alkyl halides is 1. The molecule has 19 nitrogen and oxygen atoms in total. The van der Waals surface area contributed by atoms with Gasteiger partial charge in [0.15, 0.2) is 0 Å². The van der Waals surface area contributed by atoms with Crippen LogP contribution in [0.25, 0.3) is 0 Å². The van der Waals surface area contributed by atoms with Gasteiger partial charge in [0.2, 0.25) is 17.7 Å². The van der Waals surface area contributed by atoms with E-state index in [0.717, 1.165) is 135 Å². The fourth-order valence-electron chi connectivity index (χ4n) is 13.5. The number of hydrogen-bond acceptors (Lipinski definition) is 14. The predicted molar refractivity (Wildman–Crippen MR) is 371 cm³/mol. The average Bonchev–Trinajstić information content (AvgIpc) is 3.47. The van der Waals surface area contributed by atoms with Crippen LogP contribution in [0.1, 0.15) is 177 Å². The maximum atomic E-state index is 12.3. The number of nitrogens with one attached hydrogen (secondary N) is 2. The molecule has 93 heavy (non-hydrogen) atoms. The van der Waals surface area contributed by atoms with Gasteiger partial charge in [0.1, 0.15) is 48.3 Å². The van der Waals surface area contributed by atoms with Crippen molar-refractivity contribution >= 4 is 41.5 Å². The van der Waals surface area contributed by atoms with Gasteiger partial charge in [0.25, 0.3) is 0 Å². The largest absolute Gasteiger partial charge is 0.492 e. The molecule has 9 rings (SSSR count). The van der Waals surface area contributed by atoms with Crippen LogP contribution in [0.4, 0.5) is 9.59 Å². The number of rotatable bonds is 14. The normalized spacial score (nSPS) is 23.0. The van der Waals surface area contributed by atoms with Crippen LogP contribution >= 0.6 is 11.6 Å². The van der Waals surface area contributed by atoms with E-state index in [1.165, 1.54) is 29.5 Å². The second-order valence-corrected chi connectivity index (χ2v) is 28.9. The number of nitrogens with zero attached hydrogens (tertiary/aromatic N) is 7. The van der Waals surface area contributed by atoms with Gasteiger partial charge in [0.05, 0.1) is 5.88 Å². The minimum absolute atomic E-state index is 0.153. The van der Waals surface area contributed by atoms with E-state index in [2.05, 4.69) is 123 Å². The smallest absolute Gasteiger partial charge is 0.410 e. The van der Waals surface area contributed by atoms with Crippen LogP contribution in [-0.2, 0) is 23.9 Å². The number of carbonyl (C=O) groups excluding carboxylic acids is 5. The quantitative estimate of drug-likeness (QED) is 0.146. The van der Waals surface area contributed by atoms with Crippen LogP contribution in [0.3, 0.4) is 0 Å². The molecule has 6 fully saturated rings. The Morgan fingerprint density at radius 1 is 0.430 bits per heavy atom. The van der Waals surface area contributed by atoms with Crippen molar-refractivity contribution in [2.45, 2.75) is 208 Å². The molecule has 0 spiro atoms. The highest BCUT2D eigenvalue weighted by Crippen LogP contribution is 2.33. The lowest BCUT2D eigenvalue weighted by Gasteiger charge is -2.44. The Morgan fingerprint density at radius 3 is 1.01 bits per heavy atom. The van der Waals surface area contributed by atoms with Gasteiger partial charge in [-0.25, -0.2) is 9.59 Å². The lowest BCUT2D eigenvalue weighted by atomic mass is 9.89. The van der Waals surface area contributed by atoms with Crippen molar-refractivity contribution in [3.8, 4) is 17.2 Å². The summed E-state index contributed by atoms with van der Waals surface area (Å²) in [5.41, 5.74) is 3.14. The van der Waals surface area contributed by atoms with Crippen LogP contribution in [0, 0.1) is 0 Å². The van der Waals surface area contributed by atoms with E-state index in [1.54, 1.807) is 25.7 Å². The van der Waals surface area contributed by atoms with Crippen LogP contribution in [0.15, 0.2) is 72.8 Å². The molecule has 520 valence electrons. The zero-order valence-corrected chi connectivity index (χ0v) is 59.9. The van der Waals surface area contributed by atoms with E-state index in [9.17, 15) is 24.0 Å². The molecule has 20 heteroatoms. The summed E-state index contributed by atoms with van der Waals surface area (Å²) in [5.74, 6) is 5.31. The Kier molecular flexibility index (Phi) is 30.2. The average molecular weight is 1320 g/mol. The maximum Gasteiger partial charge on any atom is 0.410 e. The number of ether oxygens (including phenoxy) is 5. The van der Waals surface area contributed by atoms with E-state index in [4.69, 9.17) is 35.3 Å². The summed E-state index contributed by atoms with van der Waals surface area (Å²) in [5, 5.41) is 6.79. The summed E-state index contributed by atoms with van der Waals surface area (Å²) < 4.78 is 28.4. The number of hydrogen-bond donors (Lipinski definition) is 2. The molecule has 3 aromatic rings. The summed E-state index contributed by atoms with van der Waals surface area (Å²) in [4.78, 5) is 72.9. The van der Waals surface area contributed by atoms with E-state index in [1.807, 2.05) is 73.3 Å². The highest BCUT2D eigenvalue weighted by molar-refractivity contribution is 6.18. The standard InChI is InChI=1S/C26H41N3O4.C21H33N3O2.C18H26ClNO3.C8H16N2O/c1-19-17-28(21(3)30)18-20(2)29(19)15-16-32-24-9-7-22(8-10-24)23-11-13-27(14-12-23)25(31)33-26(4,5)6;1-16-14-23(18(3)25)15-17(2)24(16)12-13-26-21-6-4-19(5-7-21)20-8-10-22-11-9-20;1-18(2,3)23-17(21)20-11-8-15(9-12-20)14-4-6-16(7-5-14)22-13-10-19;1-6-4-10(8(3)11)5-7(2)9-6/h7-10,19-20,23H,11-18H2,1-6H3;4-7,16-17,20,22H,8-15H2,1-3H3;4-7,15H,8-13H2,1-3H3;6-7,9H,4-5H2,1-3H3/t19-,20+;16-,17+;;6-,7+. The first-order valence-corrected chi connectivity index (χ1v) is 35.0. The van der Waals surface area contributed by atoms with Gasteiger partial charge in [-0.15, -0.1) is 11.6 Å². The Hall–Kier alpha value is -5.86. The van der Waals surface area contributed by atoms with Crippen molar-refractivity contribution in [2.24, 2.45) is 0 Å². The minimum atomic E-state index is -0.456. The van der Waals surface area contributed by atoms with Gasteiger partial charge in [-0.3, -0.25) is 24.2 Å². The molecule has 3 aromatic carbocycles. The molecule has 2 N–H and O–H groups in total. The molecule has 0 unspecified atom stereocenters. The first-order valence-electron chi connectivity index (χ1n) is 34.5. The van der Waals surface area contributed by atoms with Crippen LogP contribution in [0.2, 0.25) is 0 Å². The Bertz CT molecular complexity index is 2710. The topological polar surface area (TPSA) is 178 Å². The van der Waals surface area contributed by atoms with Crippen LogP contribution < -0.4 is 24.8 Å². The van der Waals surface area contributed by atoms with E-state index < -0.39 is 11.2 Å². The molecule has 0 saturated carbocycles. The van der Waals surface area contributed by atoms with Crippen molar-refractivity contribution in [3.63, 3.8) is 0 Å². The van der Waals surface area contributed by atoms with Gasteiger partial charge >= 0.3 is 12.2 Å². The Labute approximate surface area is 563 Å². The predicted octanol–water partition coefficient (Wildman–Crippen LogP) is 11.2. The highest BCUT2D eigenvalue weighted by atomic mass is 35.5. The van der Waals surface area contributed by atoms with Crippen molar-refractivity contribution in [1.82, 2.24) is 44.9 Å². The fraction of sp³-hybridized carbons (Fsp3) is 0.685. The fourth-order valence-corrected chi connectivity index (χ4v) is 13.6. The molecule has 5 amide bonds. The van der Waals surface area contributed by atoms with Gasteiger partial charge in [-0.2, -0.15) is 0 Å². The lowest BCUT2D eigenvalue weighted by Crippen LogP contribution is -2.58. The SMILES string of the molecule is CC(=O)N1C[C@@H](C)N(CCOc2ccc(C3CCN(C(=O)OC(C)(C)C)CC3)cc2)[C@@H](C)C1.CC(=O)N1C[C@@H](C)N(CCOc2ccc(C3CCNCC3)cc2)[C@@H](C)C1.CC(=O)N1C[C@@H](C)N[C@@H](C)C1.CC(C)(C)OC(=O)N1CCC(c2ccc(OCCCl)cc2)CC1. The van der Waals surface area contributed by atoms with Crippen molar-refractivity contribution in [3.05, 3.63) is 89.5 Å². The second kappa shape index (κ2) is 36.9. The zero-order chi connectivity index (χ0) is 68.0. The number of benzene rings is 3. The monoisotopic (exact) mass is 1310 g/mol. The molecule has 6 aliphatic rings.